The number of benzene rings is 1. The number of nitrogens with one attached hydrogen (secondary N) is 2. The molecule has 0 aliphatic carbocycles. The van der Waals surface area contributed by atoms with Crippen LogP contribution < -0.4 is 10.2 Å². The van der Waals surface area contributed by atoms with Crippen molar-refractivity contribution in [1.82, 2.24) is 20.2 Å². The Labute approximate surface area is 166 Å². The molecule has 1 aliphatic rings. The lowest BCUT2D eigenvalue weighted by Gasteiger charge is -2.37. The zero-order valence-corrected chi connectivity index (χ0v) is 16.7. The minimum absolute atomic E-state index is 0.869. The van der Waals surface area contributed by atoms with Crippen molar-refractivity contribution < 1.29 is 0 Å². The highest BCUT2D eigenvalue weighted by Gasteiger charge is 2.20. The first-order valence-electron chi connectivity index (χ1n) is 9.93. The first-order chi connectivity index (χ1) is 13.8. The molecule has 3 heterocycles. The highest BCUT2D eigenvalue weighted by molar-refractivity contribution is 5.86. The van der Waals surface area contributed by atoms with Crippen LogP contribution in [0.4, 0.5) is 5.82 Å². The van der Waals surface area contributed by atoms with Crippen molar-refractivity contribution in [3.05, 3.63) is 59.9 Å². The number of aryl methyl sites for hydroxylation is 1. The van der Waals surface area contributed by atoms with E-state index in [2.05, 4.69) is 67.5 Å². The third-order valence-corrected chi connectivity index (χ3v) is 5.45. The molecule has 0 bridgehead atoms. The van der Waals surface area contributed by atoms with E-state index in [0.717, 1.165) is 50.9 Å². The summed E-state index contributed by atoms with van der Waals surface area (Å²) in [5.41, 5.74) is 3.88. The normalized spacial score (nSPS) is 15.3. The lowest BCUT2D eigenvalue weighted by molar-refractivity contribution is 0.372. The maximum Gasteiger partial charge on any atom is 0.193 e. The Morgan fingerprint density at radius 2 is 2.00 bits per heavy atom. The molecule has 6 nitrogen and oxygen atoms in total. The number of nitrogens with zero attached hydrogens (tertiary/aromatic N) is 4. The van der Waals surface area contributed by atoms with Crippen molar-refractivity contribution in [2.24, 2.45) is 4.99 Å². The smallest absolute Gasteiger partial charge is 0.193 e. The Morgan fingerprint density at radius 1 is 1.14 bits per heavy atom. The van der Waals surface area contributed by atoms with Gasteiger partial charge in [0.1, 0.15) is 5.82 Å². The topological polar surface area (TPSA) is 59.6 Å². The van der Waals surface area contributed by atoms with Gasteiger partial charge in [-0.2, -0.15) is 0 Å². The molecular weight excluding hydrogens is 348 g/mol. The van der Waals surface area contributed by atoms with E-state index in [-0.39, 0.29) is 0 Å². The number of guanidine groups is 1. The summed E-state index contributed by atoms with van der Waals surface area (Å²) in [5, 5.41) is 4.86. The average molecular weight is 377 g/mol. The van der Waals surface area contributed by atoms with E-state index in [1.165, 1.54) is 22.0 Å². The zero-order chi connectivity index (χ0) is 19.3. The molecular formula is C22H28N6. The van der Waals surface area contributed by atoms with Crippen LogP contribution in [0.25, 0.3) is 10.9 Å². The quantitative estimate of drug-likeness (QED) is 0.543. The Bertz CT molecular complexity index is 938. The van der Waals surface area contributed by atoms with Gasteiger partial charge < -0.3 is 20.1 Å². The Hall–Kier alpha value is -3.02. The third kappa shape index (κ3) is 3.81. The molecule has 2 aromatic heterocycles. The number of anilines is 1. The fraction of sp³-hybridized carbons (Fsp3) is 0.364. The van der Waals surface area contributed by atoms with E-state index in [4.69, 9.17) is 0 Å². The van der Waals surface area contributed by atoms with Crippen LogP contribution in [-0.2, 0) is 6.42 Å². The van der Waals surface area contributed by atoms with E-state index in [9.17, 15) is 0 Å². The first-order valence-corrected chi connectivity index (χ1v) is 9.93. The van der Waals surface area contributed by atoms with E-state index < -0.39 is 0 Å². The monoisotopic (exact) mass is 376 g/mol. The Morgan fingerprint density at radius 3 is 2.75 bits per heavy atom. The maximum absolute atomic E-state index is 4.49. The molecule has 1 saturated heterocycles. The zero-order valence-electron chi connectivity index (χ0n) is 16.7. The van der Waals surface area contributed by atoms with Crippen LogP contribution in [0.15, 0.2) is 53.8 Å². The summed E-state index contributed by atoms with van der Waals surface area (Å²) in [5.74, 6) is 2.04. The van der Waals surface area contributed by atoms with Crippen LogP contribution in [0.3, 0.4) is 0 Å². The molecule has 0 unspecified atom stereocenters. The van der Waals surface area contributed by atoms with Crippen molar-refractivity contribution in [3.63, 3.8) is 0 Å². The summed E-state index contributed by atoms with van der Waals surface area (Å²) in [7, 11) is 1.86. The summed E-state index contributed by atoms with van der Waals surface area (Å²) in [6, 6.07) is 12.5. The Kier molecular flexibility index (Phi) is 5.46. The van der Waals surface area contributed by atoms with E-state index in [0.29, 0.717) is 0 Å². The number of hydrogen-bond donors (Lipinski definition) is 2. The van der Waals surface area contributed by atoms with Gasteiger partial charge in [0.2, 0.25) is 0 Å². The minimum Gasteiger partial charge on any atom is -0.361 e. The summed E-state index contributed by atoms with van der Waals surface area (Å²) in [4.78, 5) is 17.0. The maximum atomic E-state index is 4.49. The molecule has 1 aromatic carbocycles. The number of hydrogen-bond acceptors (Lipinski definition) is 3. The van der Waals surface area contributed by atoms with Gasteiger partial charge in [0.25, 0.3) is 0 Å². The number of pyridine rings is 1. The van der Waals surface area contributed by atoms with Crippen LogP contribution in [0.1, 0.15) is 11.1 Å². The average Bonchev–Trinajstić information content (AvgIpc) is 3.17. The van der Waals surface area contributed by atoms with Gasteiger partial charge in [-0.25, -0.2) is 4.98 Å². The van der Waals surface area contributed by atoms with Crippen LogP contribution >= 0.6 is 0 Å². The second-order valence-electron chi connectivity index (χ2n) is 7.20. The van der Waals surface area contributed by atoms with Gasteiger partial charge in [-0.05, 0) is 36.6 Å². The van der Waals surface area contributed by atoms with Gasteiger partial charge in [-0.15, -0.1) is 0 Å². The molecule has 2 N–H and O–H groups in total. The van der Waals surface area contributed by atoms with Crippen molar-refractivity contribution in [3.8, 4) is 0 Å². The van der Waals surface area contributed by atoms with Crippen LogP contribution in [0.5, 0.6) is 0 Å². The van der Waals surface area contributed by atoms with Crippen molar-refractivity contribution in [1.29, 1.82) is 0 Å². The molecule has 28 heavy (non-hydrogen) atoms. The molecule has 3 aromatic rings. The molecule has 6 heteroatoms. The second-order valence-corrected chi connectivity index (χ2v) is 7.20. The van der Waals surface area contributed by atoms with Gasteiger partial charge in [0.15, 0.2) is 5.96 Å². The highest BCUT2D eigenvalue weighted by atomic mass is 15.4. The summed E-state index contributed by atoms with van der Waals surface area (Å²) in [6.07, 6.45) is 4.96. The summed E-state index contributed by atoms with van der Waals surface area (Å²) in [6.45, 7) is 6.82. The fourth-order valence-corrected chi connectivity index (χ4v) is 3.90. The van der Waals surface area contributed by atoms with E-state index in [1.54, 1.807) is 0 Å². The van der Waals surface area contributed by atoms with Crippen molar-refractivity contribution in [2.45, 2.75) is 13.3 Å². The predicted octanol–water partition coefficient (Wildman–Crippen LogP) is 2.81. The second kappa shape index (κ2) is 8.33. The number of aromatic nitrogens is 2. The number of aromatic amines is 1. The number of para-hydroxylation sites is 1. The number of aliphatic imine (C=N–C) groups is 1. The first kappa shape index (κ1) is 18.3. The standard InChI is InChI=1S/C22H28N6/c1-17-6-5-7-19-18(16-26-21(17)19)9-11-25-22(23-2)28-14-12-27(13-15-28)20-8-3-4-10-24-20/h3-8,10,16,26H,9,11-15H2,1-2H3,(H,23,25). The largest absolute Gasteiger partial charge is 0.361 e. The van der Waals surface area contributed by atoms with Gasteiger partial charge in [-0.1, -0.05) is 24.3 Å². The fourth-order valence-electron chi connectivity index (χ4n) is 3.90. The lowest BCUT2D eigenvalue weighted by atomic mass is 10.1. The summed E-state index contributed by atoms with van der Waals surface area (Å²) >= 11 is 0. The number of fused-ring (bicyclic) bond motifs is 1. The van der Waals surface area contributed by atoms with Gasteiger partial charge in [0.05, 0.1) is 0 Å². The molecule has 4 rings (SSSR count). The predicted molar refractivity (Wildman–Crippen MR) is 116 cm³/mol. The molecule has 1 fully saturated rings. The van der Waals surface area contributed by atoms with Crippen LogP contribution in [-0.4, -0.2) is 60.6 Å². The summed E-state index contributed by atoms with van der Waals surface area (Å²) < 4.78 is 0. The molecule has 1 aliphatic heterocycles. The SMILES string of the molecule is CN=C(NCCc1c[nH]c2c(C)cccc12)N1CCN(c2ccccn2)CC1. The Balaban J connectivity index is 1.31. The molecule has 146 valence electrons. The van der Waals surface area contributed by atoms with Gasteiger partial charge in [-0.3, -0.25) is 4.99 Å². The molecule has 0 saturated carbocycles. The third-order valence-electron chi connectivity index (χ3n) is 5.45. The number of piperazine rings is 1. The molecule has 0 atom stereocenters. The molecule has 0 spiro atoms. The van der Waals surface area contributed by atoms with Crippen LogP contribution in [0, 0.1) is 6.92 Å². The lowest BCUT2D eigenvalue weighted by Crippen LogP contribution is -2.53. The molecule has 0 amide bonds. The van der Waals surface area contributed by atoms with E-state index in [1.807, 2.05) is 25.4 Å². The minimum atomic E-state index is 0.869. The van der Waals surface area contributed by atoms with Gasteiger partial charge in [0, 0.05) is 63.1 Å². The van der Waals surface area contributed by atoms with Crippen molar-refractivity contribution >= 4 is 22.7 Å². The number of H-pyrrole nitrogens is 1. The number of rotatable bonds is 4. The molecule has 0 radical (unpaired) electrons. The highest BCUT2D eigenvalue weighted by Crippen LogP contribution is 2.21. The van der Waals surface area contributed by atoms with Crippen molar-refractivity contribution in [2.75, 3.05) is 44.7 Å². The van der Waals surface area contributed by atoms with Crippen LogP contribution in [0.2, 0.25) is 0 Å². The van der Waals surface area contributed by atoms with E-state index >= 15 is 0 Å². The van der Waals surface area contributed by atoms with Gasteiger partial charge >= 0.3 is 0 Å².